The van der Waals surface area contributed by atoms with Gasteiger partial charge in [-0.15, -0.1) is 34.0 Å². The van der Waals surface area contributed by atoms with Crippen molar-refractivity contribution >= 4 is 75.0 Å². The molecule has 11 aromatic carbocycles. The predicted molar refractivity (Wildman–Crippen MR) is 414 cm³/mol. The quantitative estimate of drug-likeness (QED) is 0.165. The first-order valence-electron chi connectivity index (χ1n) is 32.3. The van der Waals surface area contributed by atoms with Crippen LogP contribution in [0, 0.1) is 76.2 Å². The fraction of sp³-hybridized carbons (Fsp3) is 0.213. The Labute approximate surface area is 563 Å². The van der Waals surface area contributed by atoms with Crippen molar-refractivity contribution in [1.82, 2.24) is 0 Å². The molecule has 0 saturated heterocycles. The van der Waals surface area contributed by atoms with Crippen molar-refractivity contribution in [3.05, 3.63) is 319 Å². The molecule has 466 valence electrons. The Balaban J connectivity index is 0.000000132. The van der Waals surface area contributed by atoms with E-state index in [4.69, 9.17) is 0 Å². The molecule has 0 nitrogen and oxygen atoms in total. The Morgan fingerprint density at radius 3 is 1.21 bits per heavy atom. The van der Waals surface area contributed by atoms with Gasteiger partial charge >= 0.3 is 0 Å². The van der Waals surface area contributed by atoms with Gasteiger partial charge in [0.05, 0.1) is 0 Å². The molecule has 0 amide bonds. The highest BCUT2D eigenvalue weighted by Crippen LogP contribution is 2.37. The van der Waals surface area contributed by atoms with E-state index in [-0.39, 0.29) is 10.8 Å². The zero-order chi connectivity index (χ0) is 65.9. The number of benzene rings is 11. The van der Waals surface area contributed by atoms with E-state index in [1.54, 1.807) is 0 Å². The molecule has 0 aliphatic rings. The van der Waals surface area contributed by atoms with Gasteiger partial charge in [0.25, 0.3) is 0 Å². The second kappa shape index (κ2) is 30.3. The number of aryl methyl sites for hydroxylation is 11. The Kier molecular flexibility index (Phi) is 22.4. The molecule has 0 atom stereocenters. The lowest BCUT2D eigenvalue weighted by molar-refractivity contribution is 0.589. The lowest BCUT2D eigenvalue weighted by Gasteiger charge is -2.23. The molecule has 0 unspecified atom stereocenters. The third kappa shape index (κ3) is 17.2. The second-order valence-corrected chi connectivity index (χ2v) is 29.6. The number of hydrogen-bond acceptors (Lipinski definition) is 3. The molecule has 92 heavy (non-hydrogen) atoms. The predicted octanol–water partition coefficient (Wildman–Crippen LogP) is 27.6. The van der Waals surface area contributed by atoms with Gasteiger partial charge in [-0.1, -0.05) is 258 Å². The van der Waals surface area contributed by atoms with Crippen LogP contribution in [0.1, 0.15) is 114 Å². The minimum Gasteiger partial charge on any atom is -0.144 e. The number of thiophene rings is 3. The number of fused-ring (bicyclic) bond motifs is 4. The van der Waals surface area contributed by atoms with Crippen LogP contribution in [-0.4, -0.2) is 0 Å². The Morgan fingerprint density at radius 2 is 0.674 bits per heavy atom. The average Bonchev–Trinajstić information content (AvgIpc) is 1.06. The summed E-state index contributed by atoms with van der Waals surface area (Å²) in [5.41, 5.74) is 28.9. The Morgan fingerprint density at radius 1 is 0.239 bits per heavy atom. The van der Waals surface area contributed by atoms with Crippen molar-refractivity contribution in [1.29, 1.82) is 0 Å². The maximum absolute atomic E-state index is 2.34. The summed E-state index contributed by atoms with van der Waals surface area (Å²) in [6.07, 6.45) is 0. The SMILES string of the molecule is Cc1c(-c2ccccc2)ccc2ccsc12.Cc1cc(-c2ccccc2)cc2ccsc12.Cc1ccc2cc(C)ccc2c1.Cc1cccc(-c2c(C)cc(C(C)(C)C)cc2C)c1.Cc1cccc2ccsc12.Cc1ccccc1-c1c(C)cc(C(C)(C)C)cc1C. The topological polar surface area (TPSA) is 0 Å². The molecule has 0 radical (unpaired) electrons. The van der Waals surface area contributed by atoms with Crippen molar-refractivity contribution in [3.8, 4) is 44.5 Å². The van der Waals surface area contributed by atoms with Gasteiger partial charge in [0.1, 0.15) is 0 Å². The fourth-order valence-electron chi connectivity index (χ4n) is 12.1. The highest BCUT2D eigenvalue weighted by molar-refractivity contribution is 7.18. The summed E-state index contributed by atoms with van der Waals surface area (Å²) in [5.74, 6) is 0. The highest BCUT2D eigenvalue weighted by atomic mass is 32.1. The lowest BCUT2D eigenvalue weighted by Crippen LogP contribution is -2.12. The molecular weight excluding hydrogens is 1170 g/mol. The van der Waals surface area contributed by atoms with E-state index in [0.717, 1.165) is 0 Å². The van der Waals surface area contributed by atoms with Crippen LogP contribution in [0.25, 0.3) is 85.5 Å². The van der Waals surface area contributed by atoms with Crippen molar-refractivity contribution in [2.75, 3.05) is 0 Å². The summed E-state index contributed by atoms with van der Waals surface area (Å²) in [7, 11) is 0. The van der Waals surface area contributed by atoms with Crippen LogP contribution in [0.4, 0.5) is 0 Å². The van der Waals surface area contributed by atoms with Crippen LogP contribution in [-0.2, 0) is 10.8 Å². The van der Waals surface area contributed by atoms with Crippen LogP contribution in [0.2, 0.25) is 0 Å². The molecule has 0 saturated carbocycles. The van der Waals surface area contributed by atoms with Gasteiger partial charge in [-0.3, -0.25) is 0 Å². The molecular formula is C89H92S3. The first kappa shape index (κ1) is 67.9. The number of hydrogen-bond donors (Lipinski definition) is 0. The standard InChI is InChI=1S/2C19H24.2C15H12S.C12H12.C9H8S/c1-13-8-7-9-16(10-13)18-14(2)11-17(12-15(18)3)19(4,5)6;1-13-9-7-8-10-17(13)18-14(2)11-16(12-15(18)3)19(4,5)6;1-11-9-14(12-5-3-2-4-6-12)10-13-7-8-16-15(11)13;1-11-14(12-5-3-2-4-6-12)8-7-13-9-10-16-15(11)13;1-9-3-5-12-8-10(2)4-6-11(12)7-9;1-7-3-2-4-8-5-6-10-9(7)8/h2*7-12H,1-6H3;2*2-10H,1H3;3-8H,1-2H3;2-6H,1H3. The zero-order valence-corrected chi connectivity index (χ0v) is 59.8. The number of rotatable bonds is 4. The van der Waals surface area contributed by atoms with E-state index in [1.807, 2.05) is 34.0 Å². The molecule has 3 aromatic heterocycles. The smallest absolute Gasteiger partial charge is 0.0378 e. The Bertz CT molecular complexity index is 4670. The molecule has 3 heteroatoms. The van der Waals surface area contributed by atoms with Crippen molar-refractivity contribution in [2.24, 2.45) is 0 Å². The van der Waals surface area contributed by atoms with E-state index in [1.165, 1.54) is 158 Å². The average molecular weight is 1260 g/mol. The zero-order valence-electron chi connectivity index (χ0n) is 57.4. The minimum absolute atomic E-state index is 0.208. The van der Waals surface area contributed by atoms with Gasteiger partial charge in [-0.05, 0) is 261 Å². The molecule has 0 aliphatic carbocycles. The van der Waals surface area contributed by atoms with Gasteiger partial charge < -0.3 is 0 Å². The maximum Gasteiger partial charge on any atom is 0.0378 e. The van der Waals surface area contributed by atoms with Gasteiger partial charge in [-0.25, -0.2) is 0 Å². The molecule has 0 spiro atoms. The van der Waals surface area contributed by atoms with Gasteiger partial charge in [0.15, 0.2) is 0 Å². The molecule has 14 aromatic rings. The maximum atomic E-state index is 2.34. The first-order chi connectivity index (χ1) is 43.9. The molecule has 0 fully saturated rings. The summed E-state index contributed by atoms with van der Waals surface area (Å²) in [6.45, 7) is 37.7. The second-order valence-electron chi connectivity index (χ2n) is 26.9. The minimum atomic E-state index is 0.208. The van der Waals surface area contributed by atoms with Crippen LogP contribution in [0.15, 0.2) is 247 Å². The summed E-state index contributed by atoms with van der Waals surface area (Å²) in [4.78, 5) is 0. The normalized spacial score (nSPS) is 11.1. The molecule has 14 rings (SSSR count). The van der Waals surface area contributed by atoms with Crippen molar-refractivity contribution in [2.45, 2.75) is 129 Å². The summed E-state index contributed by atoms with van der Waals surface area (Å²) in [6, 6.07) is 82.9. The largest absolute Gasteiger partial charge is 0.144 e. The van der Waals surface area contributed by atoms with Crippen LogP contribution < -0.4 is 0 Å². The fourth-order valence-corrected chi connectivity index (χ4v) is 14.8. The van der Waals surface area contributed by atoms with E-state index in [0.29, 0.717) is 0 Å². The molecule has 0 bridgehead atoms. The van der Waals surface area contributed by atoms with E-state index >= 15 is 0 Å². The van der Waals surface area contributed by atoms with Crippen LogP contribution >= 0.6 is 34.0 Å². The molecule has 3 heterocycles. The lowest BCUT2D eigenvalue weighted by atomic mass is 9.82. The summed E-state index contributed by atoms with van der Waals surface area (Å²) >= 11 is 5.45. The summed E-state index contributed by atoms with van der Waals surface area (Å²) < 4.78 is 4.23. The monoisotopic (exact) mass is 1260 g/mol. The third-order valence-electron chi connectivity index (χ3n) is 17.1. The first-order valence-corrected chi connectivity index (χ1v) is 34.9. The van der Waals surface area contributed by atoms with Crippen molar-refractivity contribution < 1.29 is 0 Å². The molecule has 0 aliphatic heterocycles. The van der Waals surface area contributed by atoms with E-state index in [2.05, 4.69) is 364 Å². The van der Waals surface area contributed by atoms with E-state index in [9.17, 15) is 0 Å². The van der Waals surface area contributed by atoms with Crippen molar-refractivity contribution in [3.63, 3.8) is 0 Å². The Hall–Kier alpha value is -8.44. The van der Waals surface area contributed by atoms with Gasteiger partial charge in [-0.2, -0.15) is 0 Å². The highest BCUT2D eigenvalue weighted by Gasteiger charge is 2.19. The van der Waals surface area contributed by atoms with Crippen LogP contribution in [0.5, 0.6) is 0 Å². The molecule has 0 N–H and O–H groups in total. The van der Waals surface area contributed by atoms with Gasteiger partial charge in [0.2, 0.25) is 0 Å². The third-order valence-corrected chi connectivity index (χ3v) is 20.3. The van der Waals surface area contributed by atoms with Gasteiger partial charge in [0, 0.05) is 14.1 Å². The summed E-state index contributed by atoms with van der Waals surface area (Å²) in [5, 5.41) is 13.2. The van der Waals surface area contributed by atoms with Crippen LogP contribution in [0.3, 0.4) is 0 Å². The van der Waals surface area contributed by atoms with E-state index < -0.39 is 0 Å².